The number of ether oxygens (including phenoxy) is 1. The first-order chi connectivity index (χ1) is 13.4. The number of anilines is 1. The van der Waals surface area contributed by atoms with Crippen molar-refractivity contribution < 1.29 is 23.6 Å². The normalized spacial score (nSPS) is 11.6. The van der Waals surface area contributed by atoms with E-state index in [0.29, 0.717) is 24.5 Å². The molecule has 0 aliphatic carbocycles. The van der Waals surface area contributed by atoms with Gasteiger partial charge in [-0.25, -0.2) is 4.39 Å². The lowest BCUT2D eigenvalue weighted by Gasteiger charge is -2.21. The zero-order valence-electron chi connectivity index (χ0n) is 16.5. The predicted octanol–water partition coefficient (Wildman–Crippen LogP) is 1.34. The van der Waals surface area contributed by atoms with Crippen LogP contribution >= 0.6 is 0 Å². The second-order valence-electron chi connectivity index (χ2n) is 6.61. The third-order valence-electron chi connectivity index (χ3n) is 4.42. The molecule has 0 saturated heterocycles. The van der Waals surface area contributed by atoms with Crippen molar-refractivity contribution in [2.75, 3.05) is 39.1 Å². The summed E-state index contributed by atoms with van der Waals surface area (Å²) < 4.78 is 18.4. The number of methoxy groups -OCH3 is 1. The van der Waals surface area contributed by atoms with Gasteiger partial charge in [-0.2, -0.15) is 0 Å². The Balaban J connectivity index is 1.85. The molecule has 0 saturated carbocycles. The Morgan fingerprint density at radius 2 is 1.86 bits per heavy atom. The zero-order valence-corrected chi connectivity index (χ0v) is 16.5. The number of likely N-dealkylation sites (N-methyl/N-ethyl adjacent to an activating group) is 2. The van der Waals surface area contributed by atoms with Crippen LogP contribution in [0.4, 0.5) is 10.1 Å². The van der Waals surface area contributed by atoms with E-state index in [-0.39, 0.29) is 30.7 Å². The lowest BCUT2D eigenvalue weighted by molar-refractivity contribution is -0.882. The van der Waals surface area contributed by atoms with Gasteiger partial charge in [0, 0.05) is 19.3 Å². The van der Waals surface area contributed by atoms with Gasteiger partial charge in [0.1, 0.15) is 11.6 Å². The highest BCUT2D eigenvalue weighted by Gasteiger charge is 2.19. The van der Waals surface area contributed by atoms with E-state index in [0.717, 1.165) is 10.5 Å². The fraction of sp³-hybridized carbons (Fsp3) is 0.333. The first-order valence-corrected chi connectivity index (χ1v) is 9.17. The van der Waals surface area contributed by atoms with Crippen LogP contribution in [0.25, 0.3) is 0 Å². The van der Waals surface area contributed by atoms with E-state index in [1.54, 1.807) is 55.5 Å². The van der Waals surface area contributed by atoms with Crippen LogP contribution in [0.2, 0.25) is 0 Å². The van der Waals surface area contributed by atoms with E-state index in [4.69, 9.17) is 4.74 Å². The van der Waals surface area contributed by atoms with Gasteiger partial charge < -0.3 is 19.9 Å². The molecule has 150 valence electrons. The van der Waals surface area contributed by atoms with Crippen LogP contribution in [-0.2, 0) is 16.1 Å². The van der Waals surface area contributed by atoms with E-state index in [1.165, 1.54) is 12.1 Å². The highest BCUT2D eigenvalue weighted by Crippen LogP contribution is 2.14. The maximum atomic E-state index is 13.3. The quantitative estimate of drug-likeness (QED) is 0.681. The number of amides is 2. The molecule has 6 nitrogen and oxygen atoms in total. The molecule has 0 spiro atoms. The van der Waals surface area contributed by atoms with E-state index >= 15 is 0 Å². The molecule has 2 rings (SSSR count). The number of halogens is 1. The standard InChI is InChI=1S/C21H26FN3O3/c1-4-25(14-20(26)23-18-8-10-19(28-3)11-9-18)15-21(27)24(2)13-16-6-5-7-17(22)12-16/h5-12H,4,13-15H2,1-3H3,(H,23,26)/p+1. The predicted molar refractivity (Wildman–Crippen MR) is 106 cm³/mol. The molecule has 2 aromatic rings. The summed E-state index contributed by atoms with van der Waals surface area (Å²) in [5.41, 5.74) is 1.40. The second-order valence-corrected chi connectivity index (χ2v) is 6.61. The first kappa shape index (κ1) is 21.4. The number of rotatable bonds is 9. The largest absolute Gasteiger partial charge is 0.497 e. The van der Waals surface area contributed by atoms with E-state index < -0.39 is 0 Å². The van der Waals surface area contributed by atoms with Gasteiger partial charge in [-0.3, -0.25) is 9.59 Å². The summed E-state index contributed by atoms with van der Waals surface area (Å²) >= 11 is 0. The third-order valence-corrected chi connectivity index (χ3v) is 4.42. The van der Waals surface area contributed by atoms with E-state index in [1.807, 2.05) is 6.92 Å². The molecule has 0 radical (unpaired) electrons. The Bertz CT molecular complexity index is 796. The molecular weight excluding hydrogens is 361 g/mol. The van der Waals surface area contributed by atoms with Crippen LogP contribution in [0.5, 0.6) is 5.75 Å². The number of hydrogen-bond donors (Lipinski definition) is 2. The van der Waals surface area contributed by atoms with Gasteiger partial charge in [0.2, 0.25) is 0 Å². The average Bonchev–Trinajstić information content (AvgIpc) is 2.67. The summed E-state index contributed by atoms with van der Waals surface area (Å²) in [5, 5.41) is 2.82. The lowest BCUT2D eigenvalue weighted by atomic mass is 10.2. The Morgan fingerprint density at radius 1 is 1.14 bits per heavy atom. The highest BCUT2D eigenvalue weighted by atomic mass is 19.1. The monoisotopic (exact) mass is 388 g/mol. The number of benzene rings is 2. The van der Waals surface area contributed by atoms with Crippen LogP contribution in [0.15, 0.2) is 48.5 Å². The molecule has 0 heterocycles. The minimum atomic E-state index is -0.325. The van der Waals surface area contributed by atoms with Crippen molar-refractivity contribution in [2.45, 2.75) is 13.5 Å². The summed E-state index contributed by atoms with van der Waals surface area (Å²) in [4.78, 5) is 27.2. The second kappa shape index (κ2) is 10.4. The Labute approximate surface area is 164 Å². The van der Waals surface area contributed by atoms with Gasteiger partial charge in [0.05, 0.1) is 13.7 Å². The Morgan fingerprint density at radius 3 is 2.46 bits per heavy atom. The highest BCUT2D eigenvalue weighted by molar-refractivity contribution is 5.91. The molecule has 7 heteroatoms. The van der Waals surface area contributed by atoms with Crippen molar-refractivity contribution in [3.05, 3.63) is 59.9 Å². The molecule has 0 aliphatic rings. The molecule has 1 atom stereocenters. The van der Waals surface area contributed by atoms with Gasteiger partial charge in [0.15, 0.2) is 13.1 Å². The van der Waals surface area contributed by atoms with Gasteiger partial charge in [-0.1, -0.05) is 12.1 Å². The van der Waals surface area contributed by atoms with Gasteiger partial charge in [0.25, 0.3) is 11.8 Å². The minimum absolute atomic E-state index is 0.0987. The number of nitrogens with zero attached hydrogens (tertiary/aromatic N) is 1. The topological polar surface area (TPSA) is 63.1 Å². The van der Waals surface area contributed by atoms with Crippen molar-refractivity contribution >= 4 is 17.5 Å². The SMILES string of the molecule is CC[NH+](CC(=O)Nc1ccc(OC)cc1)CC(=O)N(C)Cc1cccc(F)c1. The number of quaternary nitrogens is 1. The molecule has 0 aliphatic heterocycles. The molecule has 0 fully saturated rings. The molecule has 28 heavy (non-hydrogen) atoms. The summed E-state index contributed by atoms with van der Waals surface area (Å²) in [5.74, 6) is 0.126. The molecule has 0 bridgehead atoms. The molecule has 2 aromatic carbocycles. The van der Waals surface area contributed by atoms with Crippen molar-refractivity contribution in [3.8, 4) is 5.75 Å². The molecule has 2 amide bonds. The van der Waals surface area contributed by atoms with Crippen molar-refractivity contribution in [1.29, 1.82) is 0 Å². The lowest BCUT2D eigenvalue weighted by Crippen LogP contribution is -3.13. The Hall–Kier alpha value is -2.93. The van der Waals surface area contributed by atoms with Crippen molar-refractivity contribution in [3.63, 3.8) is 0 Å². The number of nitrogens with one attached hydrogen (secondary N) is 2. The summed E-state index contributed by atoms with van der Waals surface area (Å²) in [6.45, 7) is 3.26. The van der Waals surface area contributed by atoms with Crippen LogP contribution in [0.1, 0.15) is 12.5 Å². The molecule has 1 unspecified atom stereocenters. The number of carbonyl (C=O) groups is 2. The van der Waals surface area contributed by atoms with Crippen LogP contribution in [-0.4, -0.2) is 50.5 Å². The molecular formula is C21H27FN3O3+. The third kappa shape index (κ3) is 6.66. The van der Waals surface area contributed by atoms with E-state index in [9.17, 15) is 14.0 Å². The van der Waals surface area contributed by atoms with E-state index in [2.05, 4.69) is 5.32 Å². The zero-order chi connectivity index (χ0) is 20.5. The summed E-state index contributed by atoms with van der Waals surface area (Å²) in [6, 6.07) is 13.2. The first-order valence-electron chi connectivity index (χ1n) is 9.17. The van der Waals surface area contributed by atoms with Crippen LogP contribution in [0, 0.1) is 5.82 Å². The number of hydrogen-bond acceptors (Lipinski definition) is 3. The minimum Gasteiger partial charge on any atom is -0.497 e. The molecule has 2 N–H and O–H groups in total. The average molecular weight is 388 g/mol. The van der Waals surface area contributed by atoms with Crippen molar-refractivity contribution in [1.82, 2.24) is 4.90 Å². The maximum Gasteiger partial charge on any atom is 0.279 e. The smallest absolute Gasteiger partial charge is 0.279 e. The van der Waals surface area contributed by atoms with Gasteiger partial charge >= 0.3 is 0 Å². The molecule has 0 aromatic heterocycles. The van der Waals surface area contributed by atoms with Crippen LogP contribution < -0.4 is 15.0 Å². The Kier molecular flexibility index (Phi) is 7.95. The summed E-state index contributed by atoms with van der Waals surface area (Å²) in [7, 11) is 3.26. The number of carbonyl (C=O) groups excluding carboxylic acids is 2. The summed E-state index contributed by atoms with van der Waals surface area (Å²) in [6.07, 6.45) is 0. The van der Waals surface area contributed by atoms with Gasteiger partial charge in [-0.15, -0.1) is 0 Å². The fourth-order valence-corrected chi connectivity index (χ4v) is 2.77. The maximum absolute atomic E-state index is 13.3. The fourth-order valence-electron chi connectivity index (χ4n) is 2.77. The van der Waals surface area contributed by atoms with Gasteiger partial charge in [-0.05, 0) is 48.9 Å². The van der Waals surface area contributed by atoms with Crippen LogP contribution in [0.3, 0.4) is 0 Å². The van der Waals surface area contributed by atoms with Crippen molar-refractivity contribution in [2.24, 2.45) is 0 Å².